The van der Waals surface area contributed by atoms with Crippen molar-refractivity contribution >= 4 is 21.8 Å². The summed E-state index contributed by atoms with van der Waals surface area (Å²) in [6.07, 6.45) is 7.18. The van der Waals surface area contributed by atoms with E-state index in [2.05, 4.69) is 28.2 Å². The summed E-state index contributed by atoms with van der Waals surface area (Å²) in [6, 6.07) is 4.62. The zero-order valence-electron chi connectivity index (χ0n) is 11.8. The van der Waals surface area contributed by atoms with E-state index >= 15 is 0 Å². The van der Waals surface area contributed by atoms with Crippen molar-refractivity contribution in [1.82, 2.24) is 5.32 Å². The molecule has 0 heterocycles. The third-order valence-corrected chi connectivity index (χ3v) is 4.76. The first-order chi connectivity index (χ1) is 9.61. The van der Waals surface area contributed by atoms with E-state index in [9.17, 15) is 9.18 Å². The van der Waals surface area contributed by atoms with Gasteiger partial charge in [0.05, 0.1) is 4.47 Å². The number of benzene rings is 1. The highest BCUT2D eigenvalue weighted by molar-refractivity contribution is 9.10. The van der Waals surface area contributed by atoms with E-state index in [1.165, 1.54) is 50.3 Å². The Hall–Kier alpha value is -0.900. The van der Waals surface area contributed by atoms with Crippen molar-refractivity contribution < 1.29 is 9.18 Å². The van der Waals surface area contributed by atoms with Crippen molar-refractivity contribution in [2.75, 3.05) is 0 Å². The van der Waals surface area contributed by atoms with Crippen molar-refractivity contribution in [3.8, 4) is 0 Å². The van der Waals surface area contributed by atoms with Crippen LogP contribution < -0.4 is 5.32 Å². The molecule has 20 heavy (non-hydrogen) atoms. The van der Waals surface area contributed by atoms with E-state index in [4.69, 9.17) is 0 Å². The molecule has 0 aliphatic heterocycles. The minimum Gasteiger partial charge on any atom is -0.349 e. The Bertz CT molecular complexity index is 472. The van der Waals surface area contributed by atoms with Crippen LogP contribution in [0, 0.1) is 11.7 Å². The minimum absolute atomic E-state index is 0.108. The molecule has 0 aromatic heterocycles. The number of hydrogen-bond acceptors (Lipinski definition) is 1. The van der Waals surface area contributed by atoms with Crippen molar-refractivity contribution in [2.45, 2.75) is 51.5 Å². The normalized spacial score (nSPS) is 17.8. The van der Waals surface area contributed by atoms with Crippen LogP contribution in [0.2, 0.25) is 0 Å². The van der Waals surface area contributed by atoms with E-state index in [1.807, 2.05) is 0 Å². The molecule has 0 bridgehead atoms. The molecule has 2 nitrogen and oxygen atoms in total. The molecule has 0 radical (unpaired) electrons. The van der Waals surface area contributed by atoms with Crippen LogP contribution in [0.1, 0.15) is 55.8 Å². The number of carbonyl (C=O) groups is 1. The molecule has 1 aromatic rings. The van der Waals surface area contributed by atoms with Crippen LogP contribution in [0.5, 0.6) is 0 Å². The maximum absolute atomic E-state index is 13.2. The van der Waals surface area contributed by atoms with Gasteiger partial charge in [0.15, 0.2) is 0 Å². The fraction of sp³-hybridized carbons (Fsp3) is 0.562. The average molecular weight is 342 g/mol. The lowest BCUT2D eigenvalue weighted by Gasteiger charge is -2.30. The van der Waals surface area contributed by atoms with Crippen LogP contribution in [0.3, 0.4) is 0 Å². The van der Waals surface area contributed by atoms with Gasteiger partial charge in [-0.2, -0.15) is 0 Å². The van der Waals surface area contributed by atoms with Crippen molar-refractivity contribution in [3.05, 3.63) is 34.1 Å². The molecule has 110 valence electrons. The van der Waals surface area contributed by atoms with Gasteiger partial charge in [0.1, 0.15) is 5.82 Å². The molecule has 1 fully saturated rings. The highest BCUT2D eigenvalue weighted by Gasteiger charge is 2.24. The molecular formula is C16H21BrFNO. The van der Waals surface area contributed by atoms with E-state index in [0.717, 1.165) is 6.42 Å². The first-order valence-corrected chi connectivity index (χ1v) is 8.17. The second-order valence-corrected chi connectivity index (χ2v) is 6.37. The lowest BCUT2D eigenvalue weighted by Crippen LogP contribution is -2.40. The molecular weight excluding hydrogens is 321 g/mol. The van der Waals surface area contributed by atoms with Gasteiger partial charge in [0.2, 0.25) is 0 Å². The quantitative estimate of drug-likeness (QED) is 0.846. The molecule has 1 amide bonds. The summed E-state index contributed by atoms with van der Waals surface area (Å²) in [7, 11) is 0. The van der Waals surface area contributed by atoms with Crippen LogP contribution in [-0.4, -0.2) is 11.9 Å². The summed E-state index contributed by atoms with van der Waals surface area (Å²) >= 11 is 3.12. The number of nitrogens with one attached hydrogen (secondary N) is 1. The number of rotatable bonds is 4. The van der Waals surface area contributed by atoms with Crippen LogP contribution in [0.25, 0.3) is 0 Å². The van der Waals surface area contributed by atoms with E-state index in [1.54, 1.807) is 0 Å². The van der Waals surface area contributed by atoms with Crippen molar-refractivity contribution in [2.24, 2.45) is 5.92 Å². The molecule has 1 aliphatic rings. The molecule has 1 atom stereocenters. The van der Waals surface area contributed by atoms with Gasteiger partial charge in [0, 0.05) is 11.6 Å². The summed E-state index contributed by atoms with van der Waals surface area (Å²) in [5.74, 6) is 0.130. The summed E-state index contributed by atoms with van der Waals surface area (Å²) in [4.78, 5) is 12.3. The molecule has 0 spiro atoms. The zero-order chi connectivity index (χ0) is 14.5. The van der Waals surface area contributed by atoms with Gasteiger partial charge < -0.3 is 5.32 Å². The fourth-order valence-corrected chi connectivity index (χ4v) is 3.36. The number of carbonyl (C=O) groups excluding carboxylic acids is 1. The lowest BCUT2D eigenvalue weighted by molar-refractivity contribution is 0.0911. The summed E-state index contributed by atoms with van der Waals surface area (Å²) in [5, 5.41) is 3.12. The van der Waals surface area contributed by atoms with E-state index < -0.39 is 0 Å². The highest BCUT2D eigenvalue weighted by Crippen LogP contribution is 2.28. The second-order valence-electron chi connectivity index (χ2n) is 5.52. The Balaban J connectivity index is 2.02. The maximum Gasteiger partial charge on any atom is 0.251 e. The first kappa shape index (κ1) is 15.5. The van der Waals surface area contributed by atoms with Gasteiger partial charge in [-0.15, -0.1) is 0 Å². The van der Waals surface area contributed by atoms with Crippen LogP contribution in [0.15, 0.2) is 22.7 Å². The van der Waals surface area contributed by atoms with Gasteiger partial charge in [-0.05, 0) is 59.3 Å². The molecule has 0 saturated heterocycles. The SMILES string of the molecule is CCC(NC(=O)c1ccc(F)c(Br)c1)C1CCCCC1. The monoisotopic (exact) mass is 341 g/mol. The van der Waals surface area contributed by atoms with Gasteiger partial charge in [-0.1, -0.05) is 26.2 Å². The Kier molecular flexibility index (Phi) is 5.58. The first-order valence-electron chi connectivity index (χ1n) is 7.37. The number of halogens is 2. The molecule has 1 saturated carbocycles. The smallest absolute Gasteiger partial charge is 0.251 e. The molecule has 1 N–H and O–H groups in total. The largest absolute Gasteiger partial charge is 0.349 e. The molecule has 1 unspecified atom stereocenters. The van der Waals surface area contributed by atoms with Gasteiger partial charge >= 0.3 is 0 Å². The van der Waals surface area contributed by atoms with Crippen LogP contribution >= 0.6 is 15.9 Å². The van der Waals surface area contributed by atoms with Gasteiger partial charge in [-0.3, -0.25) is 4.79 Å². The average Bonchev–Trinajstić information content (AvgIpc) is 2.48. The zero-order valence-corrected chi connectivity index (χ0v) is 13.4. The standard InChI is InChI=1S/C16H21BrFNO/c1-2-15(11-6-4-3-5-7-11)19-16(20)12-8-9-14(18)13(17)10-12/h8-11,15H,2-7H2,1H3,(H,19,20). The Morgan fingerprint density at radius 1 is 1.40 bits per heavy atom. The molecule has 4 heteroatoms. The minimum atomic E-state index is -0.346. The van der Waals surface area contributed by atoms with Gasteiger partial charge in [-0.25, -0.2) is 4.39 Å². The van der Waals surface area contributed by atoms with E-state index in [0.29, 0.717) is 16.0 Å². The number of hydrogen-bond donors (Lipinski definition) is 1. The number of amides is 1. The van der Waals surface area contributed by atoms with Crippen LogP contribution in [0.4, 0.5) is 4.39 Å². The Morgan fingerprint density at radius 3 is 2.70 bits per heavy atom. The fourth-order valence-electron chi connectivity index (χ4n) is 2.98. The summed E-state index contributed by atoms with van der Waals surface area (Å²) in [6.45, 7) is 2.11. The summed E-state index contributed by atoms with van der Waals surface area (Å²) < 4.78 is 13.5. The van der Waals surface area contributed by atoms with E-state index in [-0.39, 0.29) is 17.8 Å². The predicted molar refractivity (Wildman–Crippen MR) is 82.2 cm³/mol. The molecule has 1 aromatic carbocycles. The predicted octanol–water partition coefficient (Wildman–Crippen LogP) is 4.68. The summed E-state index contributed by atoms with van der Waals surface area (Å²) in [5.41, 5.74) is 0.507. The lowest BCUT2D eigenvalue weighted by atomic mass is 9.83. The molecule has 2 rings (SSSR count). The van der Waals surface area contributed by atoms with Crippen molar-refractivity contribution in [3.63, 3.8) is 0 Å². The Morgan fingerprint density at radius 2 is 2.10 bits per heavy atom. The van der Waals surface area contributed by atoms with Crippen LogP contribution in [-0.2, 0) is 0 Å². The maximum atomic E-state index is 13.2. The van der Waals surface area contributed by atoms with Gasteiger partial charge in [0.25, 0.3) is 5.91 Å². The topological polar surface area (TPSA) is 29.1 Å². The third kappa shape index (κ3) is 3.81. The second kappa shape index (κ2) is 7.21. The highest BCUT2D eigenvalue weighted by atomic mass is 79.9. The molecule has 1 aliphatic carbocycles. The Labute approximate surface area is 128 Å². The van der Waals surface area contributed by atoms with Crippen molar-refractivity contribution in [1.29, 1.82) is 0 Å². The third-order valence-electron chi connectivity index (χ3n) is 4.16.